The number of thioether (sulfide) groups is 1. The summed E-state index contributed by atoms with van der Waals surface area (Å²) in [6.45, 7) is 0. The number of halogens is 1. The summed E-state index contributed by atoms with van der Waals surface area (Å²) in [4.78, 5) is 16.5. The third-order valence-electron chi connectivity index (χ3n) is 3.68. The predicted octanol–water partition coefficient (Wildman–Crippen LogP) is 3.18. The number of carbonyl (C=O) groups is 1. The molecule has 20 heavy (non-hydrogen) atoms. The average molecular weight is 314 g/mol. The monoisotopic (exact) mass is 313 g/mol. The molecule has 2 N–H and O–H groups in total. The second-order valence-corrected chi connectivity index (χ2v) is 6.42. The fourth-order valence-electron chi connectivity index (χ4n) is 2.54. The fourth-order valence-corrected chi connectivity index (χ4v) is 3.66. The lowest BCUT2D eigenvalue weighted by Crippen LogP contribution is -2.43. The first-order valence-electron chi connectivity index (χ1n) is 6.82. The van der Waals surface area contributed by atoms with Crippen molar-refractivity contribution < 1.29 is 4.79 Å². The number of amides is 1. The summed E-state index contributed by atoms with van der Waals surface area (Å²) in [6.07, 6.45) is 8.24. The maximum absolute atomic E-state index is 12.4. The predicted molar refractivity (Wildman–Crippen MR) is 85.8 cm³/mol. The van der Waals surface area contributed by atoms with Crippen molar-refractivity contribution in [3.8, 4) is 0 Å². The van der Waals surface area contributed by atoms with E-state index < -0.39 is 0 Å². The molecule has 2 rings (SSSR count). The molecule has 1 heterocycles. The van der Waals surface area contributed by atoms with Crippen LogP contribution in [0.15, 0.2) is 12.3 Å². The van der Waals surface area contributed by atoms with E-state index in [1.807, 2.05) is 11.8 Å². The summed E-state index contributed by atoms with van der Waals surface area (Å²) in [5.74, 6) is 0.532. The standard InChI is InChI=1S/C14H20ClN3OS/c1-16-13-7-9(10(15)8-17-13)14(19)18-11-5-3-4-6-12(11)20-2/h7-8,11-12H,3-6H2,1-2H3,(H,16,17)(H,18,19). The Balaban J connectivity index is 2.11. The lowest BCUT2D eigenvalue weighted by Gasteiger charge is -2.31. The van der Waals surface area contributed by atoms with Gasteiger partial charge in [0.25, 0.3) is 5.91 Å². The first kappa shape index (κ1) is 15.4. The van der Waals surface area contributed by atoms with Gasteiger partial charge in [-0.15, -0.1) is 0 Å². The highest BCUT2D eigenvalue weighted by molar-refractivity contribution is 7.99. The van der Waals surface area contributed by atoms with Crippen molar-refractivity contribution in [2.75, 3.05) is 18.6 Å². The molecule has 110 valence electrons. The zero-order chi connectivity index (χ0) is 14.5. The largest absolute Gasteiger partial charge is 0.373 e. The van der Waals surface area contributed by atoms with Crippen molar-refractivity contribution in [3.05, 3.63) is 22.8 Å². The van der Waals surface area contributed by atoms with Crippen molar-refractivity contribution >= 4 is 35.1 Å². The smallest absolute Gasteiger partial charge is 0.253 e. The lowest BCUT2D eigenvalue weighted by atomic mass is 9.94. The number of hydrogen-bond donors (Lipinski definition) is 2. The molecule has 6 heteroatoms. The molecule has 2 atom stereocenters. The van der Waals surface area contributed by atoms with Gasteiger partial charge in [0.2, 0.25) is 0 Å². The van der Waals surface area contributed by atoms with E-state index in [-0.39, 0.29) is 11.9 Å². The molecule has 1 saturated carbocycles. The second-order valence-electron chi connectivity index (χ2n) is 4.94. The van der Waals surface area contributed by atoms with Crippen LogP contribution < -0.4 is 10.6 Å². The molecule has 1 fully saturated rings. The van der Waals surface area contributed by atoms with E-state index in [4.69, 9.17) is 11.6 Å². The molecule has 0 radical (unpaired) electrons. The third kappa shape index (κ3) is 3.58. The van der Waals surface area contributed by atoms with Crippen LogP contribution in [0.1, 0.15) is 36.0 Å². The first-order valence-corrected chi connectivity index (χ1v) is 8.49. The molecular formula is C14H20ClN3OS. The normalized spacial score (nSPS) is 22.4. The second kappa shape index (κ2) is 7.18. The number of carbonyl (C=O) groups excluding carboxylic acids is 1. The van der Waals surface area contributed by atoms with Crippen molar-refractivity contribution in [1.29, 1.82) is 0 Å². The summed E-state index contributed by atoms with van der Waals surface area (Å²) in [6, 6.07) is 1.92. The van der Waals surface area contributed by atoms with Crippen molar-refractivity contribution in [3.63, 3.8) is 0 Å². The van der Waals surface area contributed by atoms with E-state index in [0.717, 1.165) is 12.8 Å². The number of rotatable bonds is 4. The van der Waals surface area contributed by atoms with Crippen LogP contribution in [0.25, 0.3) is 0 Å². The van der Waals surface area contributed by atoms with Gasteiger partial charge in [-0.2, -0.15) is 11.8 Å². The van der Waals surface area contributed by atoms with Crippen LogP contribution in [0.3, 0.4) is 0 Å². The Morgan fingerprint density at radius 1 is 1.45 bits per heavy atom. The Morgan fingerprint density at radius 2 is 2.20 bits per heavy atom. The number of aromatic nitrogens is 1. The van der Waals surface area contributed by atoms with E-state index in [1.54, 1.807) is 13.1 Å². The summed E-state index contributed by atoms with van der Waals surface area (Å²) in [7, 11) is 1.77. The van der Waals surface area contributed by atoms with Crippen molar-refractivity contribution in [2.24, 2.45) is 0 Å². The number of pyridine rings is 1. The minimum absolute atomic E-state index is 0.111. The molecular weight excluding hydrogens is 294 g/mol. The Bertz CT molecular complexity index is 483. The fraction of sp³-hybridized carbons (Fsp3) is 0.571. The molecule has 1 aromatic rings. The Labute approximate surface area is 129 Å². The van der Waals surface area contributed by atoms with Crippen LogP contribution in [-0.2, 0) is 0 Å². The molecule has 0 aromatic carbocycles. The number of anilines is 1. The topological polar surface area (TPSA) is 54.0 Å². The Morgan fingerprint density at radius 3 is 2.90 bits per heavy atom. The SMILES string of the molecule is CNc1cc(C(=O)NC2CCCCC2SC)c(Cl)cn1. The van der Waals surface area contributed by atoms with Gasteiger partial charge in [-0.1, -0.05) is 24.4 Å². The summed E-state index contributed by atoms with van der Waals surface area (Å²) >= 11 is 7.91. The van der Waals surface area contributed by atoms with Crippen LogP contribution in [0.4, 0.5) is 5.82 Å². The molecule has 1 amide bonds. The molecule has 1 aromatic heterocycles. The first-order chi connectivity index (χ1) is 9.65. The van der Waals surface area contributed by atoms with Gasteiger partial charge in [-0.25, -0.2) is 4.98 Å². The zero-order valence-corrected chi connectivity index (χ0v) is 13.4. The molecule has 0 bridgehead atoms. The van der Waals surface area contributed by atoms with Gasteiger partial charge in [0.1, 0.15) is 5.82 Å². The molecule has 0 spiro atoms. The minimum Gasteiger partial charge on any atom is -0.373 e. The van der Waals surface area contributed by atoms with E-state index in [0.29, 0.717) is 21.7 Å². The Hall–Kier alpha value is -0.940. The van der Waals surface area contributed by atoms with Crippen LogP contribution in [-0.4, -0.2) is 35.5 Å². The number of nitrogens with zero attached hydrogens (tertiary/aromatic N) is 1. The zero-order valence-electron chi connectivity index (χ0n) is 11.8. The van der Waals surface area contributed by atoms with Crippen LogP contribution in [0.5, 0.6) is 0 Å². The maximum atomic E-state index is 12.4. The molecule has 1 aliphatic carbocycles. The highest BCUT2D eigenvalue weighted by Gasteiger charge is 2.26. The van der Waals surface area contributed by atoms with Crippen LogP contribution in [0.2, 0.25) is 5.02 Å². The summed E-state index contributed by atoms with van der Waals surface area (Å²) in [5, 5.41) is 6.93. The van der Waals surface area contributed by atoms with Gasteiger partial charge >= 0.3 is 0 Å². The van der Waals surface area contributed by atoms with Crippen LogP contribution >= 0.6 is 23.4 Å². The lowest BCUT2D eigenvalue weighted by molar-refractivity contribution is 0.0929. The Kier molecular flexibility index (Phi) is 5.54. The minimum atomic E-state index is -0.111. The summed E-state index contributed by atoms with van der Waals surface area (Å²) in [5.41, 5.74) is 0.483. The van der Waals surface area contributed by atoms with Crippen LogP contribution in [0, 0.1) is 0 Å². The highest BCUT2D eigenvalue weighted by atomic mass is 35.5. The highest BCUT2D eigenvalue weighted by Crippen LogP contribution is 2.28. The van der Waals surface area contributed by atoms with Gasteiger partial charge < -0.3 is 10.6 Å². The van der Waals surface area contributed by atoms with Gasteiger partial charge in [0.15, 0.2) is 0 Å². The van der Waals surface area contributed by atoms with E-state index in [1.165, 1.54) is 19.0 Å². The molecule has 1 aliphatic rings. The molecule has 2 unspecified atom stereocenters. The van der Waals surface area contributed by atoms with Crippen molar-refractivity contribution in [2.45, 2.75) is 37.0 Å². The summed E-state index contributed by atoms with van der Waals surface area (Å²) < 4.78 is 0. The van der Waals surface area contributed by atoms with Gasteiger partial charge in [0.05, 0.1) is 10.6 Å². The third-order valence-corrected chi connectivity index (χ3v) is 5.15. The van der Waals surface area contributed by atoms with Gasteiger partial charge in [0, 0.05) is 24.5 Å². The van der Waals surface area contributed by atoms with E-state index >= 15 is 0 Å². The number of hydrogen-bond acceptors (Lipinski definition) is 4. The van der Waals surface area contributed by atoms with Gasteiger partial charge in [-0.05, 0) is 25.2 Å². The molecule has 4 nitrogen and oxygen atoms in total. The van der Waals surface area contributed by atoms with Gasteiger partial charge in [-0.3, -0.25) is 4.79 Å². The molecule has 0 aliphatic heterocycles. The quantitative estimate of drug-likeness (QED) is 0.896. The average Bonchev–Trinajstić information content (AvgIpc) is 2.48. The van der Waals surface area contributed by atoms with Crippen molar-refractivity contribution in [1.82, 2.24) is 10.3 Å². The molecule has 0 saturated heterocycles. The van der Waals surface area contributed by atoms with E-state index in [9.17, 15) is 4.79 Å². The maximum Gasteiger partial charge on any atom is 0.253 e. The number of nitrogens with one attached hydrogen (secondary N) is 2. The van der Waals surface area contributed by atoms with E-state index in [2.05, 4.69) is 21.9 Å².